The molecule has 12 aromatic rings. The molecule has 1 atom stereocenters. The number of hydrogen-bond acceptors (Lipinski definition) is 7. The summed E-state index contributed by atoms with van der Waals surface area (Å²) in [4.78, 5) is 39.0. The van der Waals surface area contributed by atoms with Crippen molar-refractivity contribution in [1.82, 2.24) is 24.5 Å². The summed E-state index contributed by atoms with van der Waals surface area (Å²) >= 11 is 0. The molecule has 0 aliphatic rings. The average Bonchev–Trinajstić information content (AvgIpc) is 1.57. The van der Waals surface area contributed by atoms with Gasteiger partial charge in [-0.3, -0.25) is 28.7 Å². The predicted octanol–water partition coefficient (Wildman–Crippen LogP) is 25.0. The highest BCUT2D eigenvalue weighted by molar-refractivity contribution is 5.93. The first kappa shape index (κ1) is 85.9. The number of Topliss-reactive ketones (excluding diaryl/α,β-unsaturated/α-hetero) is 1. The molecule has 0 saturated carbocycles. The molecule has 2 amide bonds. The third-order valence-electron chi connectivity index (χ3n) is 17.5. The maximum absolute atomic E-state index is 11.6. The third-order valence-corrected chi connectivity index (χ3v) is 17.5. The predicted molar refractivity (Wildman–Crippen MR) is 457 cm³/mol. The zero-order valence-corrected chi connectivity index (χ0v) is 67.4. The van der Waals surface area contributed by atoms with Crippen molar-refractivity contribution in [1.29, 1.82) is 0 Å². The number of anilines is 2. The molecule has 11 heteroatoms. The van der Waals surface area contributed by atoms with Crippen LogP contribution in [-0.2, 0) is 27.9 Å². The molecular weight excluding hydrogens is 1330 g/mol. The van der Waals surface area contributed by atoms with Crippen LogP contribution in [0.1, 0.15) is 180 Å². The summed E-state index contributed by atoms with van der Waals surface area (Å²) in [5.41, 5.74) is 18.7. The maximum atomic E-state index is 11.6. The van der Waals surface area contributed by atoms with E-state index >= 15 is 0 Å². The number of aryl methyl sites for hydroxylation is 2. The molecule has 2 N–H and O–H groups in total. The lowest BCUT2D eigenvalue weighted by atomic mass is 9.98. The van der Waals surface area contributed by atoms with Crippen molar-refractivity contribution in [2.75, 3.05) is 10.6 Å². The van der Waals surface area contributed by atoms with Crippen LogP contribution in [0.4, 0.5) is 11.4 Å². The van der Waals surface area contributed by atoms with E-state index in [2.05, 4.69) is 247 Å². The fourth-order valence-corrected chi connectivity index (χ4v) is 10.7. The standard InChI is InChI=1S/C16H17NO.C15H16N2O.C15H16.C14H18N2.C14H20O2.C12H16.C11H14N2/c1-12(2)16(18)17-15-10-6-9-14(11-15)13-7-4-3-5-8-13;1-11(2)15(18)17-14-7-3-5-12(9-14)13-6-4-8-16-10-13;1-12(2)14-9-6-10-15(11-14)13-7-4-3-5-8-13;1-11(2)14-9-15-16(10-14)12(3)13-7-5-4-6-8-13;1-10(2)14(15)9-12-6-5-7-13(8-12)16-11(3)4;1-10(2)8-9-12-7-5-4-6-11(12)3;1-8(2)9-4-5-10-7-13(3)12-11(10)6-9/h3-12H,1-2H3,(H,17,18);3-11H,1-2H3,(H,17,18);3-12H,1-2H3;4-12H,1-3H3;5-8,10-11H,9H2,1-4H3;4-10H,1-3H3;4-8H,1-3H3/b;;;;;9-8+;/t;;;12-;;;/m...1.../s1. The van der Waals surface area contributed by atoms with Crippen LogP contribution < -0.4 is 15.4 Å². The molecule has 0 bridgehead atoms. The molecule has 0 radical (unpaired) electrons. The van der Waals surface area contributed by atoms with Gasteiger partial charge in [0.1, 0.15) is 11.5 Å². The lowest BCUT2D eigenvalue weighted by molar-refractivity contribution is -0.121. The van der Waals surface area contributed by atoms with Crippen molar-refractivity contribution in [3.05, 3.63) is 319 Å². The van der Waals surface area contributed by atoms with Crippen molar-refractivity contribution >= 4 is 46.0 Å². The summed E-state index contributed by atoms with van der Waals surface area (Å²) in [7, 11) is 1.95. The highest BCUT2D eigenvalue weighted by Crippen LogP contribution is 2.28. The number of fused-ring (bicyclic) bond motifs is 1. The number of pyridine rings is 1. The topological polar surface area (TPSA) is 133 Å². The van der Waals surface area contributed by atoms with Gasteiger partial charge in [0, 0.05) is 78.3 Å². The van der Waals surface area contributed by atoms with Crippen LogP contribution in [0.5, 0.6) is 5.75 Å². The first-order valence-corrected chi connectivity index (χ1v) is 38.1. The molecule has 0 saturated heterocycles. The van der Waals surface area contributed by atoms with Gasteiger partial charge in [-0.1, -0.05) is 303 Å². The number of ether oxygens (including phenoxy) is 1. The highest BCUT2D eigenvalue weighted by atomic mass is 16.5. The number of carbonyl (C=O) groups is 3. The largest absolute Gasteiger partial charge is 0.491 e. The number of ketones is 1. The highest BCUT2D eigenvalue weighted by Gasteiger charge is 2.14. The number of hydrogen-bond donors (Lipinski definition) is 2. The van der Waals surface area contributed by atoms with Crippen LogP contribution in [-0.4, -0.2) is 48.2 Å². The first-order chi connectivity index (χ1) is 51.6. The van der Waals surface area contributed by atoms with E-state index < -0.39 is 0 Å². The fraction of sp³-hybridized carbons (Fsp3) is 0.299. The quantitative estimate of drug-likeness (QED) is 0.0824. The van der Waals surface area contributed by atoms with Gasteiger partial charge < -0.3 is 15.4 Å². The molecule has 12 rings (SSSR count). The van der Waals surface area contributed by atoms with Crippen LogP contribution in [0.2, 0.25) is 0 Å². The van der Waals surface area contributed by atoms with Crippen molar-refractivity contribution in [2.24, 2.45) is 30.7 Å². The molecule has 0 unspecified atom stereocenters. The Bertz CT molecular complexity index is 4540. The number of benzene rings is 9. The zero-order chi connectivity index (χ0) is 78.7. The van der Waals surface area contributed by atoms with Crippen LogP contribution in [0.15, 0.2) is 280 Å². The molecule has 3 heterocycles. The molecule has 0 fully saturated rings. The minimum atomic E-state index is -0.0213. The number of nitrogens with zero attached hydrogens (tertiary/aromatic N) is 5. The number of aromatic nitrogens is 5. The van der Waals surface area contributed by atoms with E-state index in [1.54, 1.807) is 6.20 Å². The lowest BCUT2D eigenvalue weighted by Gasteiger charge is -2.12. The monoisotopic (exact) mass is 1440 g/mol. The Morgan fingerprint density at radius 3 is 1.44 bits per heavy atom. The Morgan fingerprint density at radius 1 is 0.444 bits per heavy atom. The molecule has 108 heavy (non-hydrogen) atoms. The fourth-order valence-electron chi connectivity index (χ4n) is 10.7. The molecule has 0 spiro atoms. The van der Waals surface area contributed by atoms with Crippen molar-refractivity contribution < 1.29 is 19.1 Å². The van der Waals surface area contributed by atoms with Crippen molar-refractivity contribution in [3.63, 3.8) is 0 Å². The van der Waals surface area contributed by atoms with E-state index in [1.807, 2.05) is 200 Å². The van der Waals surface area contributed by atoms with Crippen molar-refractivity contribution in [2.45, 2.75) is 161 Å². The molecule has 564 valence electrons. The molecule has 0 aliphatic heterocycles. The second-order valence-corrected chi connectivity index (χ2v) is 29.5. The van der Waals surface area contributed by atoms with Gasteiger partial charge in [0.15, 0.2) is 0 Å². The smallest absolute Gasteiger partial charge is 0.226 e. The van der Waals surface area contributed by atoms with Crippen LogP contribution in [0.25, 0.3) is 50.4 Å². The number of rotatable bonds is 19. The second-order valence-electron chi connectivity index (χ2n) is 29.5. The van der Waals surface area contributed by atoms with E-state index in [4.69, 9.17) is 4.74 Å². The minimum Gasteiger partial charge on any atom is -0.491 e. The van der Waals surface area contributed by atoms with E-state index in [9.17, 15) is 14.4 Å². The van der Waals surface area contributed by atoms with Crippen LogP contribution >= 0.6 is 0 Å². The van der Waals surface area contributed by atoms with E-state index in [0.717, 1.165) is 50.5 Å². The van der Waals surface area contributed by atoms with Crippen LogP contribution in [0.3, 0.4) is 0 Å². The van der Waals surface area contributed by atoms with Gasteiger partial charge in [-0.15, -0.1) is 0 Å². The van der Waals surface area contributed by atoms with E-state index in [0.29, 0.717) is 36.1 Å². The van der Waals surface area contributed by atoms with E-state index in [-0.39, 0.29) is 41.5 Å². The minimum absolute atomic E-state index is 0.00891. The number of carbonyl (C=O) groups excluding carboxylic acids is 3. The number of allylic oxidation sites excluding steroid dienone is 1. The summed E-state index contributed by atoms with van der Waals surface area (Å²) < 4.78 is 9.47. The Labute approximate surface area is 646 Å². The third kappa shape index (κ3) is 30.1. The molecule has 0 aliphatic carbocycles. The second kappa shape index (κ2) is 44.8. The van der Waals surface area contributed by atoms with Gasteiger partial charge in [-0.2, -0.15) is 10.2 Å². The average molecular weight is 1450 g/mol. The Morgan fingerprint density at radius 2 is 0.935 bits per heavy atom. The Kier molecular flexibility index (Phi) is 35.6. The van der Waals surface area contributed by atoms with Crippen LogP contribution in [0, 0.1) is 30.6 Å². The first-order valence-electron chi connectivity index (χ1n) is 38.1. The molecule has 3 aromatic heterocycles. The van der Waals surface area contributed by atoms with Gasteiger partial charge >= 0.3 is 0 Å². The lowest BCUT2D eigenvalue weighted by Crippen LogP contribution is -2.17. The molecular formula is C97H117N7O4. The normalized spacial score (nSPS) is 11.1. The SMILES string of the molecule is CC(C)C(=O)Nc1cccc(-c2ccccc2)c1.CC(C)C(=O)Nc1cccc(-c2cccnc2)c1.CC(C)Oc1cccc(CC(=O)C(C)C)c1.CC(C)c1ccc2cn(C)nc2c1.CC(C)c1cccc(-c2ccccc2)c1.CC(C)c1cnn([C@H](C)c2ccccc2)c1.Cc1ccccc1/C=C/C(C)C. The van der Waals surface area contributed by atoms with Gasteiger partial charge in [-0.25, -0.2) is 0 Å². The summed E-state index contributed by atoms with van der Waals surface area (Å²) in [6.45, 7) is 37.3. The summed E-state index contributed by atoms with van der Waals surface area (Å²) in [5.74, 6) is 3.57. The number of nitrogens with one attached hydrogen (secondary N) is 2. The maximum Gasteiger partial charge on any atom is 0.226 e. The zero-order valence-electron chi connectivity index (χ0n) is 67.4. The van der Waals surface area contributed by atoms with E-state index in [1.165, 1.54) is 49.9 Å². The molecule has 9 aromatic carbocycles. The van der Waals surface area contributed by atoms with Gasteiger partial charge in [-0.05, 0) is 167 Å². The Hall–Kier alpha value is -11.0. The van der Waals surface area contributed by atoms with Gasteiger partial charge in [0.2, 0.25) is 11.8 Å². The summed E-state index contributed by atoms with van der Waals surface area (Å²) in [6, 6.07) is 82.4. The summed E-state index contributed by atoms with van der Waals surface area (Å²) in [5, 5.41) is 15.8. The summed E-state index contributed by atoms with van der Waals surface area (Å²) in [6.07, 6.45) is 14.8. The molecule has 11 nitrogen and oxygen atoms in total. The van der Waals surface area contributed by atoms with Gasteiger partial charge in [0.25, 0.3) is 0 Å². The number of amides is 2. The van der Waals surface area contributed by atoms with Gasteiger partial charge in [0.05, 0.1) is 23.9 Å². The Balaban J connectivity index is 0.000000198. The van der Waals surface area contributed by atoms with Crippen molar-refractivity contribution in [3.8, 4) is 39.1 Å².